The molecule has 0 aromatic heterocycles. The molecule has 0 bridgehead atoms. The first-order valence-corrected chi connectivity index (χ1v) is 4.17. The van der Waals surface area contributed by atoms with Crippen LogP contribution in [0.5, 0.6) is 0 Å². The van der Waals surface area contributed by atoms with Crippen molar-refractivity contribution in [3.8, 4) is 0 Å². The molecule has 0 aliphatic rings. The van der Waals surface area contributed by atoms with E-state index in [9.17, 15) is 9.59 Å². The van der Waals surface area contributed by atoms with Gasteiger partial charge < -0.3 is 16.0 Å². The van der Waals surface area contributed by atoms with Crippen LogP contribution in [0.2, 0.25) is 0 Å². The minimum absolute atomic E-state index is 0.0854. The van der Waals surface area contributed by atoms with Gasteiger partial charge in [0.15, 0.2) is 0 Å². The molecule has 3 N–H and O–H groups in total. The predicted octanol–water partition coefficient (Wildman–Crippen LogP) is -1.07. The first-order chi connectivity index (χ1) is 5.97. The summed E-state index contributed by atoms with van der Waals surface area (Å²) in [5.41, 5.74) is 5.45. The van der Waals surface area contributed by atoms with Crippen LogP contribution < -0.4 is 11.1 Å². The summed E-state index contributed by atoms with van der Waals surface area (Å²) in [4.78, 5) is 23.5. The van der Waals surface area contributed by atoms with Crippen LogP contribution >= 0.6 is 0 Å². The SMILES string of the molecule is CNC(=O)CN(C)C(=O)CC(C)N. The van der Waals surface area contributed by atoms with Gasteiger partial charge in [-0.25, -0.2) is 0 Å². The number of nitrogens with one attached hydrogen (secondary N) is 1. The third-order valence-corrected chi connectivity index (χ3v) is 1.58. The fourth-order valence-electron chi connectivity index (χ4n) is 0.814. The van der Waals surface area contributed by atoms with Crippen LogP contribution in [0.1, 0.15) is 13.3 Å². The number of hydrogen-bond acceptors (Lipinski definition) is 3. The molecule has 5 heteroatoms. The third-order valence-electron chi connectivity index (χ3n) is 1.58. The number of carbonyl (C=O) groups excluding carboxylic acids is 2. The van der Waals surface area contributed by atoms with Crippen molar-refractivity contribution in [3.05, 3.63) is 0 Å². The van der Waals surface area contributed by atoms with Crippen LogP contribution in [-0.4, -0.2) is 43.4 Å². The maximum Gasteiger partial charge on any atom is 0.239 e. The van der Waals surface area contributed by atoms with E-state index in [0.29, 0.717) is 0 Å². The second kappa shape index (κ2) is 5.53. The van der Waals surface area contributed by atoms with Crippen molar-refractivity contribution in [2.75, 3.05) is 20.6 Å². The van der Waals surface area contributed by atoms with Gasteiger partial charge in [0.25, 0.3) is 0 Å². The molecular weight excluding hydrogens is 170 g/mol. The summed E-state index contributed by atoms with van der Waals surface area (Å²) in [6.45, 7) is 1.84. The average molecular weight is 187 g/mol. The number of nitrogens with two attached hydrogens (primary N) is 1. The summed E-state index contributed by atoms with van der Waals surface area (Å²) < 4.78 is 0. The second-order valence-electron chi connectivity index (χ2n) is 3.10. The lowest BCUT2D eigenvalue weighted by Gasteiger charge is -2.16. The monoisotopic (exact) mass is 187 g/mol. The van der Waals surface area contributed by atoms with Gasteiger partial charge in [0.05, 0.1) is 6.54 Å². The highest BCUT2D eigenvalue weighted by atomic mass is 16.2. The van der Waals surface area contributed by atoms with Gasteiger partial charge in [-0.3, -0.25) is 9.59 Å². The molecule has 0 spiro atoms. The highest BCUT2D eigenvalue weighted by molar-refractivity contribution is 5.84. The Hall–Kier alpha value is -1.10. The molecule has 13 heavy (non-hydrogen) atoms. The molecule has 76 valence electrons. The molecule has 5 nitrogen and oxygen atoms in total. The van der Waals surface area contributed by atoms with Crippen LogP contribution in [0.3, 0.4) is 0 Å². The summed E-state index contributed by atoms with van der Waals surface area (Å²) in [5, 5.41) is 2.44. The summed E-state index contributed by atoms with van der Waals surface area (Å²) in [7, 11) is 3.12. The highest BCUT2D eigenvalue weighted by Crippen LogP contribution is 1.93. The molecule has 0 fully saturated rings. The van der Waals surface area contributed by atoms with E-state index in [1.807, 2.05) is 0 Å². The van der Waals surface area contributed by atoms with E-state index in [4.69, 9.17) is 5.73 Å². The third kappa shape index (κ3) is 5.19. The van der Waals surface area contributed by atoms with Crippen molar-refractivity contribution in [2.24, 2.45) is 5.73 Å². The quantitative estimate of drug-likeness (QED) is 0.588. The molecule has 0 heterocycles. The zero-order valence-corrected chi connectivity index (χ0v) is 8.33. The predicted molar refractivity (Wildman–Crippen MR) is 50.0 cm³/mol. The number of rotatable bonds is 4. The molecule has 0 aromatic carbocycles. The van der Waals surface area contributed by atoms with Crippen molar-refractivity contribution in [1.82, 2.24) is 10.2 Å². The van der Waals surface area contributed by atoms with E-state index < -0.39 is 0 Å². The summed E-state index contributed by atoms with van der Waals surface area (Å²) in [6.07, 6.45) is 0.271. The molecule has 1 atom stereocenters. The molecule has 0 rings (SSSR count). The van der Waals surface area contributed by atoms with Crippen molar-refractivity contribution in [1.29, 1.82) is 0 Å². The van der Waals surface area contributed by atoms with Gasteiger partial charge in [0.1, 0.15) is 0 Å². The Kier molecular flexibility index (Phi) is 5.06. The largest absolute Gasteiger partial charge is 0.358 e. The zero-order valence-electron chi connectivity index (χ0n) is 8.33. The first-order valence-electron chi connectivity index (χ1n) is 4.17. The molecule has 0 aliphatic carbocycles. The van der Waals surface area contributed by atoms with Gasteiger partial charge in [-0.05, 0) is 6.92 Å². The molecule has 1 unspecified atom stereocenters. The topological polar surface area (TPSA) is 75.4 Å². The lowest BCUT2D eigenvalue weighted by atomic mass is 10.2. The van der Waals surface area contributed by atoms with E-state index in [1.165, 1.54) is 11.9 Å². The van der Waals surface area contributed by atoms with Crippen LogP contribution in [-0.2, 0) is 9.59 Å². The Morgan fingerprint density at radius 3 is 2.46 bits per heavy atom. The number of amides is 2. The molecule has 0 aromatic rings. The second-order valence-corrected chi connectivity index (χ2v) is 3.10. The Balaban J connectivity index is 3.89. The summed E-state index contributed by atoms with van der Waals surface area (Å²) in [5.74, 6) is -0.292. The summed E-state index contributed by atoms with van der Waals surface area (Å²) in [6, 6.07) is -0.167. The molecule has 2 amide bonds. The number of likely N-dealkylation sites (N-methyl/N-ethyl adjacent to an activating group) is 2. The first kappa shape index (κ1) is 11.9. The minimum Gasteiger partial charge on any atom is -0.358 e. The lowest BCUT2D eigenvalue weighted by Crippen LogP contribution is -2.38. The van der Waals surface area contributed by atoms with E-state index in [2.05, 4.69) is 5.32 Å². The van der Waals surface area contributed by atoms with Crippen molar-refractivity contribution < 1.29 is 9.59 Å². The van der Waals surface area contributed by atoms with Crippen LogP contribution in [0.25, 0.3) is 0 Å². The highest BCUT2D eigenvalue weighted by Gasteiger charge is 2.12. The molecule has 0 radical (unpaired) electrons. The normalized spacial score (nSPS) is 12.0. The van der Waals surface area contributed by atoms with Gasteiger partial charge in [-0.1, -0.05) is 0 Å². The van der Waals surface area contributed by atoms with Gasteiger partial charge in [-0.15, -0.1) is 0 Å². The average Bonchev–Trinajstić information content (AvgIpc) is 2.02. The van der Waals surface area contributed by atoms with Crippen LogP contribution in [0.15, 0.2) is 0 Å². The van der Waals surface area contributed by atoms with Crippen LogP contribution in [0.4, 0.5) is 0 Å². The van der Waals surface area contributed by atoms with Gasteiger partial charge >= 0.3 is 0 Å². The maximum absolute atomic E-state index is 11.3. The van der Waals surface area contributed by atoms with E-state index in [-0.39, 0.29) is 30.8 Å². The molecule has 0 saturated heterocycles. The van der Waals surface area contributed by atoms with Gasteiger partial charge in [0, 0.05) is 26.6 Å². The standard InChI is InChI=1S/C8H17N3O2/c1-6(9)4-8(13)11(3)5-7(12)10-2/h6H,4-5,9H2,1-3H3,(H,10,12). The van der Waals surface area contributed by atoms with Gasteiger partial charge in [-0.2, -0.15) is 0 Å². The molecular formula is C8H17N3O2. The van der Waals surface area contributed by atoms with Crippen molar-refractivity contribution >= 4 is 11.8 Å². The van der Waals surface area contributed by atoms with E-state index in [0.717, 1.165) is 0 Å². The maximum atomic E-state index is 11.3. The fraction of sp³-hybridized carbons (Fsp3) is 0.750. The van der Waals surface area contributed by atoms with Crippen molar-refractivity contribution in [2.45, 2.75) is 19.4 Å². The molecule has 0 saturated carbocycles. The Labute approximate surface area is 78.3 Å². The van der Waals surface area contributed by atoms with E-state index in [1.54, 1.807) is 14.0 Å². The smallest absolute Gasteiger partial charge is 0.239 e. The van der Waals surface area contributed by atoms with E-state index >= 15 is 0 Å². The Morgan fingerprint density at radius 1 is 1.54 bits per heavy atom. The number of nitrogens with zero attached hydrogens (tertiary/aromatic N) is 1. The zero-order chi connectivity index (χ0) is 10.4. The summed E-state index contributed by atoms with van der Waals surface area (Å²) >= 11 is 0. The Bertz CT molecular complexity index is 192. The van der Waals surface area contributed by atoms with Crippen LogP contribution in [0, 0.1) is 0 Å². The fourth-order valence-corrected chi connectivity index (χ4v) is 0.814. The lowest BCUT2D eigenvalue weighted by molar-refractivity contribution is -0.134. The molecule has 0 aliphatic heterocycles. The number of hydrogen-bond donors (Lipinski definition) is 2. The minimum atomic E-state index is -0.180. The van der Waals surface area contributed by atoms with Crippen molar-refractivity contribution in [3.63, 3.8) is 0 Å². The number of carbonyl (C=O) groups is 2. The van der Waals surface area contributed by atoms with Gasteiger partial charge in [0.2, 0.25) is 11.8 Å². The Morgan fingerprint density at radius 2 is 2.08 bits per heavy atom.